The van der Waals surface area contributed by atoms with Crippen LogP contribution in [0.2, 0.25) is 0 Å². The first-order valence-electron chi connectivity index (χ1n) is 6.90. The van der Waals surface area contributed by atoms with Crippen molar-refractivity contribution < 1.29 is 9.53 Å². The van der Waals surface area contributed by atoms with Crippen LogP contribution in [0.4, 0.5) is 4.79 Å². The second-order valence-corrected chi connectivity index (χ2v) is 5.64. The van der Waals surface area contributed by atoms with Gasteiger partial charge in [-0.2, -0.15) is 0 Å². The van der Waals surface area contributed by atoms with E-state index in [0.717, 1.165) is 37.2 Å². The number of aromatic amines is 1. The van der Waals surface area contributed by atoms with Crippen molar-refractivity contribution in [3.63, 3.8) is 0 Å². The largest absolute Gasteiger partial charge is 0.444 e. The summed E-state index contributed by atoms with van der Waals surface area (Å²) in [4.78, 5) is 19.0. The molecule has 5 nitrogen and oxygen atoms in total. The van der Waals surface area contributed by atoms with Crippen molar-refractivity contribution >= 4 is 6.09 Å². The van der Waals surface area contributed by atoms with Crippen LogP contribution in [0.1, 0.15) is 52.1 Å². The van der Waals surface area contributed by atoms with E-state index in [2.05, 4.69) is 22.2 Å². The van der Waals surface area contributed by atoms with Crippen LogP contribution in [0.15, 0.2) is 6.20 Å². The minimum atomic E-state index is -0.453. The third-order valence-corrected chi connectivity index (χ3v) is 2.51. The van der Waals surface area contributed by atoms with E-state index < -0.39 is 5.60 Å². The number of hydrogen-bond donors (Lipinski definition) is 2. The number of imidazole rings is 1. The second kappa shape index (κ2) is 7.16. The first-order chi connectivity index (χ1) is 8.90. The van der Waals surface area contributed by atoms with E-state index >= 15 is 0 Å². The van der Waals surface area contributed by atoms with Crippen molar-refractivity contribution in [3.05, 3.63) is 17.7 Å². The molecule has 1 rings (SSSR count). The van der Waals surface area contributed by atoms with Crippen LogP contribution in [0.25, 0.3) is 0 Å². The van der Waals surface area contributed by atoms with Crippen LogP contribution in [0.3, 0.4) is 0 Å². The molecule has 0 aliphatic rings. The van der Waals surface area contributed by atoms with Gasteiger partial charge in [-0.15, -0.1) is 0 Å². The molecule has 0 aliphatic heterocycles. The van der Waals surface area contributed by atoms with Crippen LogP contribution in [-0.2, 0) is 17.6 Å². The van der Waals surface area contributed by atoms with Crippen LogP contribution in [0, 0.1) is 0 Å². The highest BCUT2D eigenvalue weighted by Gasteiger charge is 2.15. The molecule has 0 unspecified atom stereocenters. The minimum Gasteiger partial charge on any atom is -0.444 e. The summed E-state index contributed by atoms with van der Waals surface area (Å²) in [5.74, 6) is 1.02. The Kier molecular flexibility index (Phi) is 5.86. The first kappa shape index (κ1) is 15.5. The molecule has 0 aromatic carbocycles. The minimum absolute atomic E-state index is 0.377. The maximum atomic E-state index is 11.4. The predicted octanol–water partition coefficient (Wildman–Crippen LogP) is 2.82. The molecule has 2 N–H and O–H groups in total. The highest BCUT2D eigenvalue weighted by molar-refractivity contribution is 5.67. The van der Waals surface area contributed by atoms with Gasteiger partial charge in [-0.1, -0.05) is 13.3 Å². The Morgan fingerprint density at radius 3 is 2.79 bits per heavy atom. The van der Waals surface area contributed by atoms with Gasteiger partial charge in [0.15, 0.2) is 0 Å². The Bertz CT molecular complexity index is 394. The van der Waals surface area contributed by atoms with Gasteiger partial charge < -0.3 is 15.0 Å². The summed E-state index contributed by atoms with van der Waals surface area (Å²) in [6.07, 6.45) is 5.48. The summed E-state index contributed by atoms with van der Waals surface area (Å²) >= 11 is 0. The van der Waals surface area contributed by atoms with Gasteiger partial charge in [-0.3, -0.25) is 0 Å². The summed E-state index contributed by atoms with van der Waals surface area (Å²) in [6.45, 7) is 8.25. The number of carbonyl (C=O) groups is 1. The number of hydrogen-bond acceptors (Lipinski definition) is 3. The zero-order valence-electron chi connectivity index (χ0n) is 12.4. The average molecular weight is 267 g/mol. The number of nitrogens with one attached hydrogen (secondary N) is 2. The third kappa shape index (κ3) is 6.84. The molecule has 108 valence electrons. The molecule has 0 atom stereocenters. The van der Waals surface area contributed by atoms with Gasteiger partial charge in [0.2, 0.25) is 0 Å². The number of alkyl carbamates (subject to hydrolysis) is 1. The van der Waals surface area contributed by atoms with Crippen molar-refractivity contribution in [3.8, 4) is 0 Å². The highest BCUT2D eigenvalue weighted by atomic mass is 16.6. The molecule has 0 radical (unpaired) electrons. The van der Waals surface area contributed by atoms with Crippen LogP contribution in [0.5, 0.6) is 0 Å². The Labute approximate surface area is 115 Å². The summed E-state index contributed by atoms with van der Waals surface area (Å²) in [5, 5.41) is 2.73. The van der Waals surface area contributed by atoms with E-state index in [1.54, 1.807) is 0 Å². The number of H-pyrrole nitrogens is 1. The Morgan fingerprint density at radius 2 is 2.16 bits per heavy atom. The topological polar surface area (TPSA) is 67.0 Å². The number of rotatable bonds is 6. The molecule has 0 saturated heterocycles. The van der Waals surface area contributed by atoms with Crippen molar-refractivity contribution in [1.82, 2.24) is 15.3 Å². The Morgan fingerprint density at radius 1 is 1.42 bits per heavy atom. The maximum Gasteiger partial charge on any atom is 0.407 e. The lowest BCUT2D eigenvalue weighted by molar-refractivity contribution is 0.0528. The predicted molar refractivity (Wildman–Crippen MR) is 75.1 cm³/mol. The summed E-state index contributed by atoms with van der Waals surface area (Å²) in [6, 6.07) is 0. The van der Waals surface area contributed by atoms with E-state index in [-0.39, 0.29) is 6.09 Å². The molecule has 19 heavy (non-hydrogen) atoms. The van der Waals surface area contributed by atoms with Gasteiger partial charge >= 0.3 is 6.09 Å². The monoisotopic (exact) mass is 267 g/mol. The van der Waals surface area contributed by atoms with Gasteiger partial charge in [-0.05, 0) is 27.2 Å². The number of amides is 1. The van der Waals surface area contributed by atoms with Gasteiger partial charge in [-0.25, -0.2) is 9.78 Å². The second-order valence-electron chi connectivity index (χ2n) is 5.64. The molecule has 1 heterocycles. The molecule has 0 aliphatic carbocycles. The van der Waals surface area contributed by atoms with Crippen molar-refractivity contribution in [2.75, 3.05) is 6.54 Å². The SMILES string of the molecule is CCCCc1ncc(CCNC(=O)OC(C)(C)C)[nH]1. The van der Waals surface area contributed by atoms with Gasteiger partial charge in [0.1, 0.15) is 11.4 Å². The number of aryl methyl sites for hydroxylation is 1. The normalized spacial score (nSPS) is 11.4. The zero-order valence-corrected chi connectivity index (χ0v) is 12.4. The number of aromatic nitrogens is 2. The lowest BCUT2D eigenvalue weighted by Crippen LogP contribution is -2.33. The molecule has 0 spiro atoms. The highest BCUT2D eigenvalue weighted by Crippen LogP contribution is 2.06. The molecular formula is C14H25N3O2. The average Bonchev–Trinajstić information content (AvgIpc) is 2.72. The smallest absolute Gasteiger partial charge is 0.407 e. The zero-order chi connectivity index (χ0) is 14.3. The summed E-state index contributed by atoms with van der Waals surface area (Å²) < 4.78 is 5.16. The Balaban J connectivity index is 2.25. The molecule has 0 bridgehead atoms. The molecule has 0 saturated carbocycles. The number of nitrogens with zero attached hydrogens (tertiary/aromatic N) is 1. The standard InChI is InChI=1S/C14H25N3O2/c1-5-6-7-12-16-10-11(17-12)8-9-15-13(18)19-14(2,3)4/h10H,5-9H2,1-4H3,(H,15,18)(H,16,17). The quantitative estimate of drug-likeness (QED) is 0.833. The fourth-order valence-electron chi connectivity index (χ4n) is 1.62. The Hall–Kier alpha value is -1.52. The molecule has 1 amide bonds. The summed E-state index contributed by atoms with van der Waals surface area (Å²) in [7, 11) is 0. The summed E-state index contributed by atoms with van der Waals surface area (Å²) in [5.41, 5.74) is 0.591. The van der Waals surface area contributed by atoms with Crippen molar-refractivity contribution in [1.29, 1.82) is 0 Å². The number of unbranched alkanes of at least 4 members (excludes halogenated alkanes) is 1. The van der Waals surface area contributed by atoms with Gasteiger partial charge in [0, 0.05) is 31.3 Å². The lowest BCUT2D eigenvalue weighted by atomic mass is 10.2. The lowest BCUT2D eigenvalue weighted by Gasteiger charge is -2.19. The fraction of sp³-hybridized carbons (Fsp3) is 0.714. The maximum absolute atomic E-state index is 11.4. The van der Waals surface area contributed by atoms with Gasteiger partial charge in [0.05, 0.1) is 0 Å². The number of carbonyl (C=O) groups excluding carboxylic acids is 1. The first-order valence-corrected chi connectivity index (χ1v) is 6.90. The molecule has 0 fully saturated rings. The van der Waals surface area contributed by atoms with E-state index in [9.17, 15) is 4.79 Å². The molecule has 1 aromatic heterocycles. The van der Waals surface area contributed by atoms with Crippen molar-refractivity contribution in [2.24, 2.45) is 0 Å². The third-order valence-electron chi connectivity index (χ3n) is 2.51. The van der Waals surface area contributed by atoms with Crippen LogP contribution in [-0.4, -0.2) is 28.2 Å². The molecule has 5 heteroatoms. The molecule has 1 aromatic rings. The van der Waals surface area contributed by atoms with E-state index in [0.29, 0.717) is 6.54 Å². The van der Waals surface area contributed by atoms with Crippen molar-refractivity contribution in [2.45, 2.75) is 59.0 Å². The van der Waals surface area contributed by atoms with Gasteiger partial charge in [0.25, 0.3) is 0 Å². The van der Waals surface area contributed by atoms with Crippen LogP contribution >= 0.6 is 0 Å². The number of ether oxygens (including phenoxy) is 1. The van der Waals surface area contributed by atoms with E-state index in [4.69, 9.17) is 4.74 Å². The van der Waals surface area contributed by atoms with E-state index in [1.165, 1.54) is 0 Å². The fourth-order valence-corrected chi connectivity index (χ4v) is 1.62. The van der Waals surface area contributed by atoms with Crippen LogP contribution < -0.4 is 5.32 Å². The van der Waals surface area contributed by atoms with E-state index in [1.807, 2.05) is 27.0 Å². The molecular weight excluding hydrogens is 242 g/mol.